The summed E-state index contributed by atoms with van der Waals surface area (Å²) in [5, 5.41) is 0. The minimum Gasteiger partial charge on any atom is -0.326 e. The summed E-state index contributed by atoms with van der Waals surface area (Å²) in [5.74, 6) is -0.0688. The third kappa shape index (κ3) is 3.10. The summed E-state index contributed by atoms with van der Waals surface area (Å²) in [4.78, 5) is 15.1. The van der Waals surface area contributed by atoms with Crippen LogP contribution >= 0.6 is 0 Å². The van der Waals surface area contributed by atoms with E-state index < -0.39 is 9.84 Å². The second-order valence-corrected chi connectivity index (χ2v) is 6.97. The molecule has 1 aliphatic heterocycles. The topological polar surface area (TPSA) is 83.7 Å². The van der Waals surface area contributed by atoms with Gasteiger partial charge < -0.3 is 15.5 Å². The van der Waals surface area contributed by atoms with Crippen molar-refractivity contribution in [3.8, 4) is 0 Å². The number of carbonyl (C=O) groups is 1. The summed E-state index contributed by atoms with van der Waals surface area (Å²) >= 11 is 0. The van der Waals surface area contributed by atoms with Gasteiger partial charge in [-0.1, -0.05) is 12.1 Å². The molecule has 1 fully saturated rings. The van der Waals surface area contributed by atoms with E-state index in [-0.39, 0.29) is 23.2 Å². The molecule has 20 heavy (non-hydrogen) atoms. The van der Waals surface area contributed by atoms with Gasteiger partial charge in [0, 0.05) is 33.2 Å². The minimum absolute atomic E-state index is 0.0688. The molecule has 2 amide bonds. The molecule has 7 heteroatoms. The summed E-state index contributed by atoms with van der Waals surface area (Å²) in [6, 6.07) is 6.51. The van der Waals surface area contributed by atoms with E-state index in [1.54, 1.807) is 41.1 Å². The molecule has 0 unspecified atom stereocenters. The van der Waals surface area contributed by atoms with Crippen LogP contribution in [0.25, 0.3) is 0 Å². The standard InChI is InChI=1S/C13H19N3O3S/c1-15-5-6-16(13(15)17)7-8-20(18,19)12-4-2-3-11(9-12)10-14/h2-4,9H,5-8,10,14H2,1H3. The molecule has 0 bridgehead atoms. The predicted molar refractivity (Wildman–Crippen MR) is 76.0 cm³/mol. The molecule has 0 radical (unpaired) electrons. The van der Waals surface area contributed by atoms with Gasteiger partial charge in [-0.05, 0) is 17.7 Å². The molecular formula is C13H19N3O3S. The number of likely N-dealkylation sites (N-methyl/N-ethyl adjacent to an activating group) is 1. The lowest BCUT2D eigenvalue weighted by Crippen LogP contribution is -2.33. The van der Waals surface area contributed by atoms with Crippen molar-refractivity contribution < 1.29 is 13.2 Å². The molecule has 1 aromatic rings. The quantitative estimate of drug-likeness (QED) is 0.846. The number of rotatable bonds is 5. The fraction of sp³-hybridized carbons (Fsp3) is 0.462. The number of benzene rings is 1. The Labute approximate surface area is 119 Å². The maximum Gasteiger partial charge on any atom is 0.319 e. The van der Waals surface area contributed by atoms with Crippen LogP contribution in [0.5, 0.6) is 0 Å². The highest BCUT2D eigenvalue weighted by molar-refractivity contribution is 7.91. The first-order chi connectivity index (χ1) is 9.44. The Morgan fingerprint density at radius 3 is 2.65 bits per heavy atom. The van der Waals surface area contributed by atoms with Crippen LogP contribution in [-0.4, -0.2) is 56.7 Å². The number of hydrogen-bond acceptors (Lipinski definition) is 4. The highest BCUT2D eigenvalue weighted by atomic mass is 32.2. The van der Waals surface area contributed by atoms with Crippen molar-refractivity contribution in [2.24, 2.45) is 5.73 Å². The van der Waals surface area contributed by atoms with E-state index in [4.69, 9.17) is 5.73 Å². The first-order valence-electron chi connectivity index (χ1n) is 6.46. The zero-order chi connectivity index (χ0) is 14.8. The number of nitrogens with two attached hydrogens (primary N) is 1. The van der Waals surface area contributed by atoms with Crippen molar-refractivity contribution in [2.75, 3.05) is 32.4 Å². The van der Waals surface area contributed by atoms with Crippen molar-refractivity contribution >= 4 is 15.9 Å². The van der Waals surface area contributed by atoms with Crippen LogP contribution in [0.3, 0.4) is 0 Å². The van der Waals surface area contributed by atoms with Gasteiger partial charge >= 0.3 is 6.03 Å². The molecule has 0 aliphatic carbocycles. The van der Waals surface area contributed by atoms with Gasteiger partial charge in [0.15, 0.2) is 9.84 Å². The fourth-order valence-corrected chi connectivity index (χ4v) is 3.44. The molecule has 2 N–H and O–H groups in total. The number of urea groups is 1. The first-order valence-corrected chi connectivity index (χ1v) is 8.11. The molecule has 0 saturated carbocycles. The summed E-state index contributed by atoms with van der Waals surface area (Å²) in [5.41, 5.74) is 6.30. The normalized spacial score (nSPS) is 16.0. The summed E-state index contributed by atoms with van der Waals surface area (Å²) in [7, 11) is -1.68. The SMILES string of the molecule is CN1CCN(CCS(=O)(=O)c2cccc(CN)c2)C1=O. The van der Waals surface area contributed by atoms with Gasteiger partial charge in [0.1, 0.15) is 0 Å². The van der Waals surface area contributed by atoms with Crippen LogP contribution in [0.1, 0.15) is 5.56 Å². The van der Waals surface area contributed by atoms with E-state index in [2.05, 4.69) is 0 Å². The van der Waals surface area contributed by atoms with E-state index in [9.17, 15) is 13.2 Å². The molecular weight excluding hydrogens is 278 g/mol. The monoisotopic (exact) mass is 297 g/mol. The number of hydrogen-bond donors (Lipinski definition) is 1. The largest absolute Gasteiger partial charge is 0.326 e. The van der Waals surface area contributed by atoms with Gasteiger partial charge in [0.2, 0.25) is 0 Å². The molecule has 2 rings (SSSR count). The fourth-order valence-electron chi connectivity index (χ4n) is 2.13. The molecule has 1 saturated heterocycles. The van der Waals surface area contributed by atoms with Gasteiger partial charge in [-0.15, -0.1) is 0 Å². The summed E-state index contributed by atoms with van der Waals surface area (Å²) in [6.07, 6.45) is 0. The van der Waals surface area contributed by atoms with Crippen molar-refractivity contribution in [1.82, 2.24) is 9.80 Å². The lowest BCUT2D eigenvalue weighted by Gasteiger charge is -2.16. The summed E-state index contributed by atoms with van der Waals surface area (Å²) in [6.45, 7) is 1.74. The number of carbonyl (C=O) groups excluding carboxylic acids is 1. The lowest BCUT2D eigenvalue weighted by molar-refractivity contribution is 0.200. The second-order valence-electron chi connectivity index (χ2n) is 4.86. The minimum atomic E-state index is -3.39. The highest BCUT2D eigenvalue weighted by Crippen LogP contribution is 2.14. The van der Waals surface area contributed by atoms with E-state index in [1.165, 1.54) is 0 Å². The van der Waals surface area contributed by atoms with E-state index >= 15 is 0 Å². The van der Waals surface area contributed by atoms with Crippen molar-refractivity contribution in [3.63, 3.8) is 0 Å². The molecule has 0 aromatic heterocycles. The first kappa shape index (κ1) is 14.8. The van der Waals surface area contributed by atoms with Crippen LogP contribution < -0.4 is 5.73 Å². The van der Waals surface area contributed by atoms with Crippen LogP contribution in [0.15, 0.2) is 29.2 Å². The van der Waals surface area contributed by atoms with Crippen LogP contribution in [0.2, 0.25) is 0 Å². The van der Waals surface area contributed by atoms with Crippen molar-refractivity contribution in [1.29, 1.82) is 0 Å². The molecule has 110 valence electrons. The zero-order valence-electron chi connectivity index (χ0n) is 11.4. The second kappa shape index (κ2) is 5.80. The number of nitrogens with zero attached hydrogens (tertiary/aromatic N) is 2. The van der Waals surface area contributed by atoms with E-state index in [0.29, 0.717) is 19.6 Å². The molecule has 1 heterocycles. The van der Waals surface area contributed by atoms with Gasteiger partial charge in [-0.2, -0.15) is 0 Å². The predicted octanol–water partition coefficient (Wildman–Crippen LogP) is 0.286. The molecule has 1 aromatic carbocycles. The Balaban J connectivity index is 2.06. The van der Waals surface area contributed by atoms with Gasteiger partial charge in [0.25, 0.3) is 0 Å². The average molecular weight is 297 g/mol. The molecule has 0 spiro atoms. The van der Waals surface area contributed by atoms with Gasteiger partial charge in [0.05, 0.1) is 10.6 Å². The highest BCUT2D eigenvalue weighted by Gasteiger charge is 2.26. The van der Waals surface area contributed by atoms with Gasteiger partial charge in [-0.3, -0.25) is 0 Å². The third-order valence-corrected chi connectivity index (χ3v) is 5.12. The Bertz CT molecular complexity index is 601. The Morgan fingerprint density at radius 2 is 2.05 bits per heavy atom. The number of amides is 2. The zero-order valence-corrected chi connectivity index (χ0v) is 12.3. The summed E-state index contributed by atoms with van der Waals surface area (Å²) < 4.78 is 24.5. The Hall–Kier alpha value is -1.60. The van der Waals surface area contributed by atoms with Crippen LogP contribution in [-0.2, 0) is 16.4 Å². The van der Waals surface area contributed by atoms with E-state index in [1.807, 2.05) is 0 Å². The molecule has 0 atom stereocenters. The van der Waals surface area contributed by atoms with Crippen LogP contribution in [0.4, 0.5) is 4.79 Å². The van der Waals surface area contributed by atoms with E-state index in [0.717, 1.165) is 5.56 Å². The maximum absolute atomic E-state index is 12.3. The Kier molecular flexibility index (Phi) is 4.29. The van der Waals surface area contributed by atoms with Crippen LogP contribution in [0, 0.1) is 0 Å². The van der Waals surface area contributed by atoms with Gasteiger partial charge in [-0.25, -0.2) is 13.2 Å². The lowest BCUT2D eigenvalue weighted by atomic mass is 10.2. The van der Waals surface area contributed by atoms with Crippen molar-refractivity contribution in [3.05, 3.63) is 29.8 Å². The number of sulfone groups is 1. The maximum atomic E-state index is 12.3. The smallest absolute Gasteiger partial charge is 0.319 e. The van der Waals surface area contributed by atoms with Crippen molar-refractivity contribution in [2.45, 2.75) is 11.4 Å². The third-order valence-electron chi connectivity index (χ3n) is 3.43. The average Bonchev–Trinajstić information content (AvgIpc) is 2.77. The molecule has 6 nitrogen and oxygen atoms in total. The molecule has 1 aliphatic rings. The Morgan fingerprint density at radius 1 is 1.30 bits per heavy atom.